The highest BCUT2D eigenvalue weighted by Gasteiger charge is 2.00. The lowest BCUT2D eigenvalue weighted by Crippen LogP contribution is -1.90. The Bertz CT molecular complexity index is 725. The molecule has 21 heavy (non-hydrogen) atoms. The Morgan fingerprint density at radius 1 is 1.00 bits per heavy atom. The van der Waals surface area contributed by atoms with Crippen LogP contribution in [0.2, 0.25) is 0 Å². The lowest BCUT2D eigenvalue weighted by atomic mass is 10.2. The van der Waals surface area contributed by atoms with Crippen molar-refractivity contribution in [2.45, 2.75) is 0 Å². The van der Waals surface area contributed by atoms with E-state index in [-0.39, 0.29) is 0 Å². The van der Waals surface area contributed by atoms with E-state index in [0.717, 1.165) is 17.1 Å². The first-order valence-electron chi connectivity index (χ1n) is 5.88. The molecule has 0 aliphatic heterocycles. The molecular weight excluding hydrogens is 294 g/mol. The predicted octanol–water partition coefficient (Wildman–Crippen LogP) is 3.33. The average Bonchev–Trinajstić information content (AvgIpc) is 2.46. The Morgan fingerprint density at radius 3 is 2.00 bits per heavy atom. The average molecular weight is 307 g/mol. The van der Waals surface area contributed by atoms with Crippen LogP contribution in [0.1, 0.15) is 0 Å². The summed E-state index contributed by atoms with van der Waals surface area (Å²) in [5.74, 6) is 0.765. The van der Waals surface area contributed by atoms with Crippen LogP contribution in [0.25, 0.3) is 0 Å². The van der Waals surface area contributed by atoms with Gasteiger partial charge in [-0.15, -0.1) is 5.11 Å². The lowest BCUT2D eigenvalue weighted by Gasteiger charge is -2.07. The molecule has 110 valence electrons. The summed E-state index contributed by atoms with van der Waals surface area (Å²) >= 11 is 0. The highest BCUT2D eigenvalue weighted by atomic mass is 32.2. The summed E-state index contributed by atoms with van der Waals surface area (Å²) in [4.78, 5) is 0. The minimum Gasteiger partial charge on any atom is -0.497 e. The molecule has 0 saturated carbocycles. The highest BCUT2D eigenvalue weighted by molar-refractivity contribution is 7.84. The minimum absolute atomic E-state index is 0.313. The molecule has 0 amide bonds. The van der Waals surface area contributed by atoms with Crippen LogP contribution >= 0.6 is 0 Å². The second kappa shape index (κ2) is 6.33. The number of hydrogen-bond acceptors (Lipinski definition) is 5. The minimum atomic E-state index is -4.46. The second-order valence-corrected chi connectivity index (χ2v) is 5.09. The van der Waals surface area contributed by atoms with E-state index in [1.165, 1.54) is 0 Å². The van der Waals surface area contributed by atoms with Gasteiger partial charge >= 0.3 is 10.3 Å². The van der Waals surface area contributed by atoms with Crippen LogP contribution in [0.15, 0.2) is 58.2 Å². The molecule has 0 atom stereocenters. The molecule has 0 aromatic heterocycles. The number of nitrogens with zero attached hydrogens (tertiary/aromatic N) is 2. The summed E-state index contributed by atoms with van der Waals surface area (Å²) in [5.41, 5.74) is 1.99. The van der Waals surface area contributed by atoms with Crippen LogP contribution in [-0.4, -0.2) is 20.1 Å². The Balaban J connectivity index is 2.06. The van der Waals surface area contributed by atoms with Crippen LogP contribution in [0.3, 0.4) is 0 Å². The molecule has 2 aromatic carbocycles. The summed E-state index contributed by atoms with van der Waals surface area (Å²) < 4.78 is 37.2. The van der Waals surface area contributed by atoms with Gasteiger partial charge in [0, 0.05) is 11.4 Å². The molecule has 0 aliphatic rings. The van der Waals surface area contributed by atoms with E-state index >= 15 is 0 Å². The summed E-state index contributed by atoms with van der Waals surface area (Å²) in [6, 6.07) is 14.0. The Labute approximate surface area is 122 Å². The maximum absolute atomic E-state index is 10.4. The third-order valence-corrected chi connectivity index (χ3v) is 2.79. The van der Waals surface area contributed by atoms with Gasteiger partial charge in [-0.25, -0.2) is 0 Å². The molecule has 0 fully saturated rings. The van der Waals surface area contributed by atoms with E-state index in [4.69, 9.17) is 9.29 Å². The summed E-state index contributed by atoms with van der Waals surface area (Å²) in [6.07, 6.45) is 0. The number of anilines is 2. The van der Waals surface area contributed by atoms with Crippen LogP contribution in [0, 0.1) is 0 Å². The molecular formula is C13H13N3O4S. The maximum Gasteiger partial charge on any atom is 0.396 e. The van der Waals surface area contributed by atoms with E-state index in [1.54, 1.807) is 31.4 Å². The van der Waals surface area contributed by atoms with Crippen molar-refractivity contribution in [3.8, 4) is 5.75 Å². The van der Waals surface area contributed by atoms with Crippen molar-refractivity contribution >= 4 is 27.4 Å². The van der Waals surface area contributed by atoms with Crippen molar-refractivity contribution in [1.29, 1.82) is 0 Å². The van der Waals surface area contributed by atoms with E-state index in [9.17, 15) is 8.42 Å². The topological polar surface area (TPSA) is 100 Å². The van der Waals surface area contributed by atoms with Gasteiger partial charge in [-0.05, 0) is 53.1 Å². The van der Waals surface area contributed by atoms with Gasteiger partial charge < -0.3 is 10.1 Å². The molecule has 0 saturated heterocycles. The Morgan fingerprint density at radius 2 is 1.52 bits per heavy atom. The van der Waals surface area contributed by atoms with Gasteiger partial charge in [0.1, 0.15) is 5.75 Å². The van der Waals surface area contributed by atoms with E-state index in [1.807, 2.05) is 24.3 Å². The summed E-state index contributed by atoms with van der Waals surface area (Å²) in [7, 11) is -2.86. The lowest BCUT2D eigenvalue weighted by molar-refractivity contribution is 0.415. The van der Waals surface area contributed by atoms with Crippen molar-refractivity contribution in [1.82, 2.24) is 0 Å². The predicted molar refractivity (Wildman–Crippen MR) is 78.8 cm³/mol. The second-order valence-electron chi connectivity index (χ2n) is 4.03. The van der Waals surface area contributed by atoms with Gasteiger partial charge in [-0.3, -0.25) is 4.55 Å². The smallest absolute Gasteiger partial charge is 0.396 e. The SMILES string of the molecule is COc1ccc(Nc2ccc(N=NS(=O)(=O)O)cc2)cc1. The molecule has 2 rings (SSSR count). The fourth-order valence-electron chi connectivity index (χ4n) is 1.55. The van der Waals surface area contributed by atoms with Crippen molar-refractivity contribution in [2.75, 3.05) is 12.4 Å². The fourth-order valence-corrected chi connectivity index (χ4v) is 1.75. The number of hydrogen-bond donors (Lipinski definition) is 2. The molecule has 0 aliphatic carbocycles. The Hall–Kier alpha value is -2.45. The zero-order chi connectivity index (χ0) is 15.3. The Kier molecular flexibility index (Phi) is 4.51. The molecule has 0 bridgehead atoms. The zero-order valence-electron chi connectivity index (χ0n) is 11.1. The van der Waals surface area contributed by atoms with E-state index < -0.39 is 10.3 Å². The van der Waals surface area contributed by atoms with Crippen molar-refractivity contribution < 1.29 is 17.7 Å². The highest BCUT2D eigenvalue weighted by Crippen LogP contribution is 2.22. The molecule has 2 N–H and O–H groups in total. The molecule has 0 radical (unpaired) electrons. The zero-order valence-corrected chi connectivity index (χ0v) is 11.9. The molecule has 2 aromatic rings. The standard InChI is InChI=1S/C13H13N3O4S/c1-20-13-8-6-11(7-9-13)14-10-2-4-12(5-3-10)15-16-21(17,18)19/h2-9,14H,1H3,(H,17,18,19). The first kappa shape index (κ1) is 14.9. The number of ether oxygens (including phenoxy) is 1. The molecule has 8 heteroatoms. The monoisotopic (exact) mass is 307 g/mol. The van der Waals surface area contributed by atoms with Crippen molar-refractivity contribution in [2.24, 2.45) is 9.63 Å². The molecule has 0 unspecified atom stereocenters. The normalized spacial score (nSPS) is 11.5. The summed E-state index contributed by atoms with van der Waals surface area (Å²) in [5, 5.41) is 6.55. The summed E-state index contributed by atoms with van der Waals surface area (Å²) in [6.45, 7) is 0. The van der Waals surface area contributed by atoms with Crippen molar-refractivity contribution in [3.63, 3.8) is 0 Å². The number of rotatable bonds is 5. The quantitative estimate of drug-likeness (QED) is 0.652. The van der Waals surface area contributed by atoms with E-state index in [0.29, 0.717) is 5.69 Å². The van der Waals surface area contributed by atoms with Gasteiger partial charge in [-0.2, -0.15) is 8.42 Å². The van der Waals surface area contributed by atoms with Gasteiger partial charge in [-0.1, -0.05) is 0 Å². The van der Waals surface area contributed by atoms with Gasteiger partial charge in [0.2, 0.25) is 0 Å². The third-order valence-electron chi connectivity index (χ3n) is 2.51. The van der Waals surface area contributed by atoms with Gasteiger partial charge in [0.25, 0.3) is 0 Å². The molecule has 7 nitrogen and oxygen atoms in total. The van der Waals surface area contributed by atoms with Gasteiger partial charge in [0.05, 0.1) is 12.8 Å². The van der Waals surface area contributed by atoms with Crippen LogP contribution in [-0.2, 0) is 10.3 Å². The largest absolute Gasteiger partial charge is 0.497 e. The van der Waals surface area contributed by atoms with E-state index in [2.05, 4.69) is 15.0 Å². The third kappa shape index (κ3) is 4.86. The number of methoxy groups -OCH3 is 1. The number of nitrogens with one attached hydrogen (secondary N) is 1. The van der Waals surface area contributed by atoms with Crippen LogP contribution in [0.4, 0.5) is 17.1 Å². The molecule has 0 heterocycles. The van der Waals surface area contributed by atoms with Crippen molar-refractivity contribution in [3.05, 3.63) is 48.5 Å². The van der Waals surface area contributed by atoms with Crippen LogP contribution in [0.5, 0.6) is 5.75 Å². The fraction of sp³-hybridized carbons (Fsp3) is 0.0769. The first-order chi connectivity index (χ1) is 9.96. The number of benzene rings is 2. The first-order valence-corrected chi connectivity index (χ1v) is 7.27. The molecule has 0 spiro atoms. The maximum atomic E-state index is 10.4. The van der Waals surface area contributed by atoms with Crippen LogP contribution < -0.4 is 10.1 Å². The van der Waals surface area contributed by atoms with Gasteiger partial charge in [0.15, 0.2) is 0 Å².